The van der Waals surface area contributed by atoms with E-state index in [1.54, 1.807) is 9.80 Å². The second-order valence-electron chi connectivity index (χ2n) is 12.7. The van der Waals surface area contributed by atoms with Crippen LogP contribution in [0.25, 0.3) is 0 Å². The van der Waals surface area contributed by atoms with Gasteiger partial charge in [-0.05, 0) is 84.3 Å². The van der Waals surface area contributed by atoms with Gasteiger partial charge in [-0.25, -0.2) is 0 Å². The van der Waals surface area contributed by atoms with Crippen LogP contribution in [-0.2, 0) is 22.4 Å². The van der Waals surface area contributed by atoms with Crippen molar-refractivity contribution in [3.8, 4) is 0 Å². The van der Waals surface area contributed by atoms with Crippen LogP contribution in [0.2, 0.25) is 0 Å². The maximum atomic E-state index is 13.9. The SMILES string of the molecule is O=C(Nc1ccc(C2=Nc3ccccc3C2)cc1)[C@H]1CCCN1C(=O)[C@H]1CCCN1C(=O)c1ccc(C2=Nc3ccccc3C2)cc1. The zero-order chi connectivity index (χ0) is 31.9. The molecule has 2 atom stereocenters. The lowest BCUT2D eigenvalue weighted by molar-refractivity contribution is -0.139. The molecule has 4 aliphatic rings. The summed E-state index contributed by atoms with van der Waals surface area (Å²) in [5.74, 6) is -0.491. The van der Waals surface area contributed by atoms with Crippen LogP contribution in [0.15, 0.2) is 107 Å². The molecule has 8 nitrogen and oxygen atoms in total. The van der Waals surface area contributed by atoms with Crippen LogP contribution in [-0.4, -0.2) is 64.1 Å². The number of hydrogen-bond acceptors (Lipinski definition) is 5. The van der Waals surface area contributed by atoms with Crippen molar-refractivity contribution in [2.24, 2.45) is 9.98 Å². The van der Waals surface area contributed by atoms with Crippen molar-refractivity contribution < 1.29 is 14.4 Å². The van der Waals surface area contributed by atoms with E-state index in [0.717, 1.165) is 59.6 Å². The zero-order valence-corrected chi connectivity index (χ0v) is 26.1. The summed E-state index contributed by atoms with van der Waals surface area (Å²) in [5.41, 5.74) is 9.67. The molecule has 0 radical (unpaired) electrons. The summed E-state index contributed by atoms with van der Waals surface area (Å²) in [6.45, 7) is 1.03. The van der Waals surface area contributed by atoms with Crippen LogP contribution in [0.5, 0.6) is 0 Å². The van der Waals surface area contributed by atoms with Gasteiger partial charge in [0.25, 0.3) is 5.91 Å². The van der Waals surface area contributed by atoms with E-state index in [2.05, 4.69) is 17.4 Å². The molecular weight excluding hydrogens is 586 g/mol. The largest absolute Gasteiger partial charge is 0.329 e. The van der Waals surface area contributed by atoms with Crippen molar-refractivity contribution in [2.75, 3.05) is 18.4 Å². The molecule has 0 aliphatic carbocycles. The number of nitrogens with zero attached hydrogens (tertiary/aromatic N) is 4. The number of anilines is 1. The predicted molar refractivity (Wildman–Crippen MR) is 183 cm³/mol. The molecule has 3 amide bonds. The van der Waals surface area contributed by atoms with Crippen LogP contribution in [0, 0.1) is 0 Å². The summed E-state index contributed by atoms with van der Waals surface area (Å²) in [7, 11) is 0. The number of benzene rings is 4. The van der Waals surface area contributed by atoms with Gasteiger partial charge in [-0.1, -0.05) is 60.7 Å². The maximum Gasteiger partial charge on any atom is 0.254 e. The molecule has 2 fully saturated rings. The second kappa shape index (κ2) is 12.1. The summed E-state index contributed by atoms with van der Waals surface area (Å²) < 4.78 is 0. The number of para-hydroxylation sites is 2. The number of carbonyl (C=O) groups excluding carboxylic acids is 3. The van der Waals surface area contributed by atoms with Crippen LogP contribution < -0.4 is 5.32 Å². The Labute approximate surface area is 273 Å². The molecule has 0 bridgehead atoms. The molecule has 0 saturated carbocycles. The van der Waals surface area contributed by atoms with Gasteiger partial charge in [0.2, 0.25) is 11.8 Å². The fraction of sp³-hybridized carbons (Fsp3) is 0.256. The minimum absolute atomic E-state index is 0.141. The standard InChI is InChI=1S/C39H35N5O3/c45-37(40-30-19-17-26(18-20-30)34-24-29-8-2-4-10-32(29)42-34)35-11-5-21-43(35)39(47)36-12-6-22-44(36)38(46)27-15-13-25(14-16-27)33-23-28-7-1-3-9-31(28)41-33/h1-4,7-10,13-20,35-36H,5-6,11-12,21-24H2,(H,40,45)/t35-,36-/m1/s1. The van der Waals surface area contributed by atoms with Gasteiger partial charge in [0.15, 0.2) is 0 Å². The van der Waals surface area contributed by atoms with Crippen LogP contribution in [0.1, 0.15) is 58.3 Å². The molecule has 8 heteroatoms. The first-order chi connectivity index (χ1) is 23.0. The van der Waals surface area contributed by atoms with E-state index in [4.69, 9.17) is 9.98 Å². The molecule has 4 aliphatic heterocycles. The average molecular weight is 622 g/mol. The highest BCUT2D eigenvalue weighted by molar-refractivity contribution is 6.08. The normalized spacial score (nSPS) is 19.7. The lowest BCUT2D eigenvalue weighted by Crippen LogP contribution is -2.51. The molecule has 0 spiro atoms. The quantitative estimate of drug-likeness (QED) is 0.275. The van der Waals surface area contributed by atoms with Gasteiger partial charge in [0.1, 0.15) is 12.1 Å². The number of rotatable bonds is 6. The van der Waals surface area contributed by atoms with E-state index >= 15 is 0 Å². The lowest BCUT2D eigenvalue weighted by Gasteiger charge is -2.31. The summed E-state index contributed by atoms with van der Waals surface area (Å²) >= 11 is 0. The molecular formula is C39H35N5O3. The number of nitrogens with one attached hydrogen (secondary N) is 1. The summed E-state index contributed by atoms with van der Waals surface area (Å²) in [5, 5.41) is 3.03. The number of amides is 3. The van der Waals surface area contributed by atoms with Gasteiger partial charge >= 0.3 is 0 Å². The van der Waals surface area contributed by atoms with E-state index < -0.39 is 12.1 Å². The molecule has 4 heterocycles. The highest BCUT2D eigenvalue weighted by atomic mass is 16.2. The topological polar surface area (TPSA) is 94.4 Å². The predicted octanol–water partition coefficient (Wildman–Crippen LogP) is 6.27. The molecule has 0 aromatic heterocycles. The fourth-order valence-corrected chi connectivity index (χ4v) is 7.31. The summed E-state index contributed by atoms with van der Waals surface area (Å²) in [4.78, 5) is 53.9. The molecule has 1 N–H and O–H groups in total. The third-order valence-electron chi connectivity index (χ3n) is 9.80. The Morgan fingerprint density at radius 2 is 1.15 bits per heavy atom. The van der Waals surface area contributed by atoms with Gasteiger partial charge in [0, 0.05) is 37.2 Å². The number of aliphatic imine (C=N–C) groups is 2. The minimum Gasteiger partial charge on any atom is -0.329 e. The lowest BCUT2D eigenvalue weighted by atomic mass is 10.0. The number of likely N-dealkylation sites (tertiary alicyclic amines) is 2. The molecule has 4 aromatic rings. The Morgan fingerprint density at radius 1 is 0.617 bits per heavy atom. The number of fused-ring (bicyclic) bond motifs is 2. The van der Waals surface area contributed by atoms with Crippen LogP contribution in [0.3, 0.4) is 0 Å². The Balaban J connectivity index is 0.909. The first kappa shape index (κ1) is 29.1. The van der Waals surface area contributed by atoms with Gasteiger partial charge in [-0.2, -0.15) is 0 Å². The van der Waals surface area contributed by atoms with Crippen molar-refractivity contribution in [1.29, 1.82) is 0 Å². The van der Waals surface area contributed by atoms with E-state index in [1.165, 1.54) is 11.1 Å². The molecule has 234 valence electrons. The zero-order valence-electron chi connectivity index (χ0n) is 26.1. The van der Waals surface area contributed by atoms with Crippen LogP contribution in [0.4, 0.5) is 17.1 Å². The van der Waals surface area contributed by atoms with Crippen molar-refractivity contribution in [1.82, 2.24) is 9.80 Å². The van der Waals surface area contributed by atoms with Crippen molar-refractivity contribution in [2.45, 2.75) is 50.6 Å². The monoisotopic (exact) mass is 621 g/mol. The van der Waals surface area contributed by atoms with E-state index in [9.17, 15) is 14.4 Å². The van der Waals surface area contributed by atoms with Gasteiger partial charge in [0.05, 0.1) is 22.8 Å². The Morgan fingerprint density at radius 3 is 1.74 bits per heavy atom. The summed E-state index contributed by atoms with van der Waals surface area (Å²) in [6.07, 6.45) is 4.26. The average Bonchev–Trinajstić information content (AvgIpc) is 3.93. The smallest absolute Gasteiger partial charge is 0.254 e. The van der Waals surface area contributed by atoms with Gasteiger partial charge < -0.3 is 15.1 Å². The molecule has 0 unspecified atom stereocenters. The van der Waals surface area contributed by atoms with Crippen molar-refractivity contribution >= 4 is 46.2 Å². The van der Waals surface area contributed by atoms with Gasteiger partial charge in [-0.3, -0.25) is 24.4 Å². The first-order valence-electron chi connectivity index (χ1n) is 16.5. The molecule has 8 rings (SSSR count). The van der Waals surface area contributed by atoms with E-state index in [1.807, 2.05) is 84.9 Å². The first-order valence-corrected chi connectivity index (χ1v) is 16.5. The summed E-state index contributed by atoms with van der Waals surface area (Å²) in [6, 6.07) is 30.4. The van der Waals surface area contributed by atoms with Crippen molar-refractivity contribution in [3.63, 3.8) is 0 Å². The second-order valence-corrected chi connectivity index (χ2v) is 12.7. The highest BCUT2D eigenvalue weighted by Crippen LogP contribution is 2.31. The fourth-order valence-electron chi connectivity index (χ4n) is 7.31. The Hall–Kier alpha value is -5.37. The van der Waals surface area contributed by atoms with Crippen LogP contribution >= 0.6 is 0 Å². The number of carbonyl (C=O) groups is 3. The molecule has 2 saturated heterocycles. The Kier molecular flexibility index (Phi) is 7.48. The maximum absolute atomic E-state index is 13.9. The Bertz CT molecular complexity index is 1950. The number of hydrogen-bond donors (Lipinski definition) is 1. The third kappa shape index (κ3) is 5.54. The molecule has 47 heavy (non-hydrogen) atoms. The minimum atomic E-state index is -0.570. The van der Waals surface area contributed by atoms with E-state index in [0.29, 0.717) is 37.2 Å². The third-order valence-corrected chi connectivity index (χ3v) is 9.80. The van der Waals surface area contributed by atoms with E-state index in [-0.39, 0.29) is 17.7 Å². The highest BCUT2D eigenvalue weighted by Gasteiger charge is 2.42. The van der Waals surface area contributed by atoms with Crippen molar-refractivity contribution in [3.05, 3.63) is 125 Å². The molecule has 4 aromatic carbocycles. The van der Waals surface area contributed by atoms with Gasteiger partial charge in [-0.15, -0.1) is 0 Å².